The van der Waals surface area contributed by atoms with Crippen LogP contribution in [0.1, 0.15) is 11.1 Å². The summed E-state index contributed by atoms with van der Waals surface area (Å²) in [6, 6.07) is 10.3. The summed E-state index contributed by atoms with van der Waals surface area (Å²) in [4.78, 5) is 3.96. The molecule has 7 nitrogen and oxygen atoms in total. The second-order valence-corrected chi connectivity index (χ2v) is 9.08. The fourth-order valence-corrected chi connectivity index (χ4v) is 5.03. The number of nitrogens with one attached hydrogen (secondary N) is 1. The van der Waals surface area contributed by atoms with Gasteiger partial charge in [-0.1, -0.05) is 0 Å². The number of sulfonamides is 1. The van der Waals surface area contributed by atoms with Gasteiger partial charge in [-0.3, -0.25) is 0 Å². The maximum Gasteiger partial charge on any atom is 0.273 e. The van der Waals surface area contributed by atoms with E-state index >= 15 is 0 Å². The van der Waals surface area contributed by atoms with Crippen LogP contribution in [-0.2, 0) is 10.0 Å². The van der Waals surface area contributed by atoms with Crippen molar-refractivity contribution in [1.82, 2.24) is 14.8 Å². The van der Waals surface area contributed by atoms with Crippen LogP contribution in [-0.4, -0.2) is 23.2 Å². The van der Waals surface area contributed by atoms with Gasteiger partial charge in [0.1, 0.15) is 10.5 Å². The van der Waals surface area contributed by atoms with Gasteiger partial charge in [0.15, 0.2) is 0 Å². The van der Waals surface area contributed by atoms with Crippen molar-refractivity contribution in [3.63, 3.8) is 0 Å². The molecule has 0 spiro atoms. The zero-order valence-corrected chi connectivity index (χ0v) is 15.5. The second kappa shape index (κ2) is 6.35. The quantitative estimate of drug-likeness (QED) is 0.694. The largest absolute Gasteiger partial charge is 0.273 e. The maximum atomic E-state index is 12.3. The van der Waals surface area contributed by atoms with Crippen LogP contribution >= 0.6 is 27.3 Å². The highest BCUT2D eigenvalue weighted by Gasteiger charge is 2.20. The molecule has 3 rings (SSSR count). The average molecular weight is 424 g/mol. The van der Waals surface area contributed by atoms with E-state index in [1.54, 1.807) is 30.3 Å². The van der Waals surface area contributed by atoms with Crippen molar-refractivity contribution in [2.75, 3.05) is 4.72 Å². The molecule has 0 atom stereocenters. The molecule has 2 aromatic heterocycles. The number of hydrogen-bond donors (Lipinski definition) is 1. The molecule has 0 bridgehead atoms. The third-order valence-corrected chi connectivity index (χ3v) is 7.02. The molecule has 0 aliphatic carbocycles. The summed E-state index contributed by atoms with van der Waals surface area (Å²) in [5.74, 6) is -0.0264. The Bertz CT molecular complexity index is 1010. The predicted octanol–water partition coefficient (Wildman–Crippen LogP) is 3.07. The Labute approximate surface area is 150 Å². The van der Waals surface area contributed by atoms with Gasteiger partial charge in [-0.25, -0.2) is 17.8 Å². The van der Waals surface area contributed by atoms with E-state index in [0.717, 1.165) is 20.7 Å². The van der Waals surface area contributed by atoms with Gasteiger partial charge in [0, 0.05) is 0 Å². The van der Waals surface area contributed by atoms with E-state index in [0.29, 0.717) is 11.3 Å². The normalized spacial score (nSPS) is 11.2. The van der Waals surface area contributed by atoms with Crippen molar-refractivity contribution in [2.45, 2.75) is 11.1 Å². The van der Waals surface area contributed by atoms with Crippen molar-refractivity contribution in [3.05, 3.63) is 51.6 Å². The monoisotopic (exact) mass is 423 g/mol. The van der Waals surface area contributed by atoms with Gasteiger partial charge in [0.2, 0.25) is 0 Å². The summed E-state index contributed by atoms with van der Waals surface area (Å²) in [6.07, 6.45) is 1.40. The van der Waals surface area contributed by atoms with Gasteiger partial charge in [-0.2, -0.15) is 10.2 Å². The molecule has 10 heteroatoms. The Morgan fingerprint density at radius 1 is 1.33 bits per heavy atom. The molecule has 0 aliphatic rings. The third kappa shape index (κ3) is 3.33. The van der Waals surface area contributed by atoms with E-state index in [2.05, 4.69) is 30.7 Å². The summed E-state index contributed by atoms with van der Waals surface area (Å²) in [6.45, 7) is 1.82. The molecule has 0 fully saturated rings. The van der Waals surface area contributed by atoms with Crippen molar-refractivity contribution in [1.29, 1.82) is 5.26 Å². The number of aromatic nitrogens is 3. The van der Waals surface area contributed by atoms with Crippen molar-refractivity contribution < 1.29 is 8.42 Å². The van der Waals surface area contributed by atoms with Crippen molar-refractivity contribution >= 4 is 43.2 Å². The Morgan fingerprint density at radius 3 is 2.62 bits per heavy atom. The Morgan fingerprint density at radius 2 is 2.04 bits per heavy atom. The Balaban J connectivity index is 1.84. The molecule has 0 saturated heterocycles. The highest BCUT2D eigenvalue weighted by atomic mass is 79.9. The van der Waals surface area contributed by atoms with Crippen LogP contribution in [0.2, 0.25) is 0 Å². The van der Waals surface area contributed by atoms with Crippen LogP contribution in [0.25, 0.3) is 5.69 Å². The highest BCUT2D eigenvalue weighted by Crippen LogP contribution is 2.31. The van der Waals surface area contributed by atoms with Crippen LogP contribution in [0.3, 0.4) is 0 Å². The van der Waals surface area contributed by atoms with E-state index in [1.807, 2.05) is 13.0 Å². The Hall–Kier alpha value is -2.22. The van der Waals surface area contributed by atoms with Gasteiger partial charge in [0.05, 0.1) is 21.1 Å². The van der Waals surface area contributed by atoms with Crippen LogP contribution < -0.4 is 4.72 Å². The zero-order chi connectivity index (χ0) is 17.3. The van der Waals surface area contributed by atoms with Crippen LogP contribution in [0.15, 0.2) is 44.7 Å². The minimum atomic E-state index is -3.74. The van der Waals surface area contributed by atoms with E-state index in [4.69, 9.17) is 5.26 Å². The first-order chi connectivity index (χ1) is 11.4. The number of benzene rings is 1. The number of thiophene rings is 1. The lowest BCUT2D eigenvalue weighted by Crippen LogP contribution is -2.13. The van der Waals surface area contributed by atoms with E-state index in [1.165, 1.54) is 11.0 Å². The molecule has 24 heavy (non-hydrogen) atoms. The molecular weight excluding hydrogens is 414 g/mol. The van der Waals surface area contributed by atoms with Crippen molar-refractivity contribution in [2.24, 2.45) is 0 Å². The number of nitriles is 1. The molecule has 1 aromatic carbocycles. The lowest BCUT2D eigenvalue weighted by molar-refractivity contribution is 0.602. The molecule has 0 unspecified atom stereocenters. The van der Waals surface area contributed by atoms with E-state index in [-0.39, 0.29) is 10.2 Å². The fourth-order valence-electron chi connectivity index (χ4n) is 1.86. The smallest absolute Gasteiger partial charge is 0.245 e. The van der Waals surface area contributed by atoms with Crippen LogP contribution in [0.5, 0.6) is 0 Å². The van der Waals surface area contributed by atoms with Crippen molar-refractivity contribution in [3.8, 4) is 11.8 Å². The summed E-state index contributed by atoms with van der Waals surface area (Å²) < 4.78 is 29.4. The summed E-state index contributed by atoms with van der Waals surface area (Å²) in [7, 11) is -3.74. The van der Waals surface area contributed by atoms with Crippen LogP contribution in [0.4, 0.5) is 5.95 Å². The van der Waals surface area contributed by atoms with Crippen LogP contribution in [0, 0.1) is 18.3 Å². The van der Waals surface area contributed by atoms with Gasteiger partial charge in [-0.15, -0.1) is 16.4 Å². The van der Waals surface area contributed by atoms with Gasteiger partial charge in [0.25, 0.3) is 16.0 Å². The zero-order valence-electron chi connectivity index (χ0n) is 12.3. The molecular formula is C14H10BrN5O2S2. The first-order valence-electron chi connectivity index (χ1n) is 6.60. The average Bonchev–Trinajstić information content (AvgIpc) is 3.15. The molecule has 0 aliphatic heterocycles. The Kier molecular flexibility index (Phi) is 4.40. The minimum absolute atomic E-state index is 0.0264. The minimum Gasteiger partial charge on any atom is -0.245 e. The van der Waals surface area contributed by atoms with E-state index < -0.39 is 10.0 Å². The second-order valence-electron chi connectivity index (χ2n) is 4.80. The molecule has 3 aromatic rings. The SMILES string of the molecule is Cc1cc(S(=O)(=O)Nc2ncn(-c3ccc(C#N)cc3)n2)sc1Br. The summed E-state index contributed by atoms with van der Waals surface area (Å²) in [5.41, 5.74) is 2.04. The number of hydrogen-bond acceptors (Lipinski definition) is 6. The molecule has 2 heterocycles. The highest BCUT2D eigenvalue weighted by molar-refractivity contribution is 9.11. The summed E-state index contributed by atoms with van der Waals surface area (Å²) >= 11 is 4.43. The molecule has 0 amide bonds. The number of halogens is 1. The molecule has 0 radical (unpaired) electrons. The molecule has 0 saturated carbocycles. The first kappa shape index (κ1) is 16.6. The lowest BCUT2D eigenvalue weighted by Gasteiger charge is -2.02. The van der Waals surface area contributed by atoms with Gasteiger partial charge >= 0.3 is 0 Å². The molecule has 1 N–H and O–H groups in total. The standard InChI is InChI=1S/C14H10BrN5O2S2/c1-9-6-12(23-13(9)15)24(21,22)19-14-17-8-20(18-14)11-4-2-10(7-16)3-5-11/h2-6,8H,1H3,(H,18,19). The number of aryl methyl sites for hydroxylation is 1. The van der Waals surface area contributed by atoms with Gasteiger partial charge < -0.3 is 0 Å². The lowest BCUT2D eigenvalue weighted by atomic mass is 10.2. The number of rotatable bonds is 4. The van der Waals surface area contributed by atoms with E-state index in [9.17, 15) is 8.42 Å². The topological polar surface area (TPSA) is 101 Å². The van der Waals surface area contributed by atoms with Gasteiger partial charge in [-0.05, 0) is 58.7 Å². The molecule has 122 valence electrons. The first-order valence-corrected chi connectivity index (χ1v) is 9.69. The third-order valence-electron chi connectivity index (χ3n) is 3.08. The maximum absolute atomic E-state index is 12.3. The predicted molar refractivity (Wildman–Crippen MR) is 93.6 cm³/mol. The number of anilines is 1. The summed E-state index contributed by atoms with van der Waals surface area (Å²) in [5, 5.41) is 12.9. The number of nitrogens with zero attached hydrogens (tertiary/aromatic N) is 4. The fraction of sp³-hybridized carbons (Fsp3) is 0.0714.